The minimum Gasteiger partial charge on any atom is -0.478 e. The molecule has 0 aliphatic carbocycles. The first kappa shape index (κ1) is 19.1. The summed E-state index contributed by atoms with van der Waals surface area (Å²) in [5, 5.41) is 8.91. The first-order valence-corrected chi connectivity index (χ1v) is 9.89. The van der Waals surface area contributed by atoms with Gasteiger partial charge in [0.25, 0.3) is 0 Å². The topological polar surface area (TPSA) is 113 Å². The molecule has 1 amide bonds. The third kappa shape index (κ3) is 4.34. The number of aromatic carboxylic acids is 1. The average Bonchev–Trinajstić information content (AvgIpc) is 3.20. The Labute approximate surface area is 156 Å². The van der Waals surface area contributed by atoms with Gasteiger partial charge in [0.05, 0.1) is 16.8 Å². The highest BCUT2D eigenvalue weighted by molar-refractivity contribution is 7.89. The van der Waals surface area contributed by atoms with Gasteiger partial charge in [0.2, 0.25) is 15.9 Å². The summed E-state index contributed by atoms with van der Waals surface area (Å²) in [6.07, 6.45) is 5.41. The zero-order valence-electron chi connectivity index (χ0n) is 14.6. The second-order valence-corrected chi connectivity index (χ2v) is 8.10. The second-order valence-electron chi connectivity index (χ2n) is 6.16. The van der Waals surface area contributed by atoms with Crippen molar-refractivity contribution in [1.29, 1.82) is 0 Å². The second kappa shape index (κ2) is 7.89. The van der Waals surface area contributed by atoms with E-state index in [4.69, 9.17) is 5.11 Å². The van der Waals surface area contributed by atoms with Gasteiger partial charge in [-0.1, -0.05) is 0 Å². The first-order chi connectivity index (χ1) is 12.9. The van der Waals surface area contributed by atoms with Gasteiger partial charge in [0.1, 0.15) is 0 Å². The molecule has 3 rings (SSSR count). The maximum absolute atomic E-state index is 12.7. The van der Waals surface area contributed by atoms with Crippen LogP contribution in [-0.4, -0.2) is 70.3 Å². The summed E-state index contributed by atoms with van der Waals surface area (Å²) in [6, 6.07) is 5.12. The quantitative estimate of drug-likeness (QED) is 0.766. The molecule has 2 aromatic rings. The summed E-state index contributed by atoms with van der Waals surface area (Å²) >= 11 is 0. The van der Waals surface area contributed by atoms with Crippen LogP contribution in [0.25, 0.3) is 0 Å². The van der Waals surface area contributed by atoms with Gasteiger partial charge >= 0.3 is 5.97 Å². The Morgan fingerprint density at radius 1 is 1.07 bits per heavy atom. The van der Waals surface area contributed by atoms with Crippen LogP contribution in [0, 0.1) is 0 Å². The van der Waals surface area contributed by atoms with Crippen LogP contribution in [-0.2, 0) is 21.4 Å². The van der Waals surface area contributed by atoms with E-state index in [2.05, 4.69) is 4.98 Å². The Hall–Kier alpha value is -2.72. The van der Waals surface area contributed by atoms with Crippen molar-refractivity contribution in [3.63, 3.8) is 0 Å². The van der Waals surface area contributed by atoms with Crippen LogP contribution in [0.2, 0.25) is 0 Å². The lowest BCUT2D eigenvalue weighted by atomic mass is 10.2. The van der Waals surface area contributed by atoms with Gasteiger partial charge in [-0.15, -0.1) is 0 Å². The van der Waals surface area contributed by atoms with Gasteiger partial charge in [0, 0.05) is 51.5 Å². The Morgan fingerprint density at radius 2 is 1.74 bits per heavy atom. The van der Waals surface area contributed by atoms with Crippen molar-refractivity contribution in [1.82, 2.24) is 18.8 Å². The van der Waals surface area contributed by atoms with Gasteiger partial charge in [0.15, 0.2) is 0 Å². The molecule has 1 aromatic carbocycles. The summed E-state index contributed by atoms with van der Waals surface area (Å²) in [6.45, 7) is 1.61. The maximum atomic E-state index is 12.7. The molecule has 1 aromatic heterocycles. The van der Waals surface area contributed by atoms with E-state index in [1.54, 1.807) is 23.6 Å². The van der Waals surface area contributed by atoms with Crippen molar-refractivity contribution in [3.05, 3.63) is 48.5 Å². The van der Waals surface area contributed by atoms with Crippen LogP contribution < -0.4 is 0 Å². The number of hydrogen-bond donors (Lipinski definition) is 1. The molecule has 0 atom stereocenters. The SMILES string of the molecule is O=C(O)c1ccc(S(=O)(=O)N2CCN(C(=O)CCn3ccnc3)CC2)cc1. The standard InChI is InChI=1S/C17H20N4O5S/c22-16(5-7-19-8-6-18-13-19)20-9-11-21(12-10-20)27(25,26)15-3-1-14(2-4-15)17(23)24/h1-4,6,8,13H,5,7,9-12H2,(H,23,24). The summed E-state index contributed by atoms with van der Waals surface area (Å²) in [5.41, 5.74) is 0.0299. The molecule has 9 nitrogen and oxygen atoms in total. The molecular formula is C17H20N4O5S. The third-order valence-corrected chi connectivity index (χ3v) is 6.39. The van der Waals surface area contributed by atoms with Crippen LogP contribution in [0.4, 0.5) is 0 Å². The van der Waals surface area contributed by atoms with E-state index < -0.39 is 16.0 Å². The lowest BCUT2D eigenvalue weighted by Crippen LogP contribution is -2.50. The highest BCUT2D eigenvalue weighted by Crippen LogP contribution is 2.18. The number of aryl methyl sites for hydroxylation is 1. The molecule has 0 unspecified atom stereocenters. The molecule has 1 N–H and O–H groups in total. The molecule has 0 radical (unpaired) electrons. The van der Waals surface area contributed by atoms with Crippen LogP contribution in [0.3, 0.4) is 0 Å². The van der Waals surface area contributed by atoms with E-state index in [9.17, 15) is 18.0 Å². The number of rotatable bonds is 6. The molecule has 0 bridgehead atoms. The highest BCUT2D eigenvalue weighted by atomic mass is 32.2. The van der Waals surface area contributed by atoms with Gasteiger partial charge in [-0.05, 0) is 24.3 Å². The molecule has 1 fully saturated rings. The Kier molecular flexibility index (Phi) is 5.57. The molecule has 10 heteroatoms. The van der Waals surface area contributed by atoms with Crippen molar-refractivity contribution in [2.24, 2.45) is 0 Å². The number of piperazine rings is 1. The van der Waals surface area contributed by atoms with Crippen LogP contribution in [0.5, 0.6) is 0 Å². The Balaban J connectivity index is 1.57. The molecule has 27 heavy (non-hydrogen) atoms. The minimum atomic E-state index is -3.71. The minimum absolute atomic E-state index is 0.0217. The normalized spacial score (nSPS) is 15.6. The molecule has 1 aliphatic heterocycles. The van der Waals surface area contributed by atoms with E-state index >= 15 is 0 Å². The Morgan fingerprint density at radius 3 is 2.30 bits per heavy atom. The van der Waals surface area contributed by atoms with Crippen LogP contribution in [0.1, 0.15) is 16.8 Å². The number of sulfonamides is 1. The molecule has 144 valence electrons. The molecule has 1 aliphatic rings. The number of amides is 1. The number of benzene rings is 1. The van der Waals surface area contributed by atoms with Gasteiger partial charge in [-0.2, -0.15) is 4.31 Å². The third-order valence-electron chi connectivity index (χ3n) is 4.47. The molecule has 1 saturated heterocycles. The number of carbonyl (C=O) groups excluding carboxylic acids is 1. The van der Waals surface area contributed by atoms with E-state index in [-0.39, 0.29) is 29.5 Å². The summed E-state index contributed by atoms with van der Waals surface area (Å²) in [5.74, 6) is -1.13. The van der Waals surface area contributed by atoms with Gasteiger partial charge in [-0.3, -0.25) is 4.79 Å². The van der Waals surface area contributed by atoms with Crippen molar-refractivity contribution in [2.75, 3.05) is 26.2 Å². The largest absolute Gasteiger partial charge is 0.478 e. The zero-order valence-corrected chi connectivity index (χ0v) is 15.4. The number of nitrogens with zero attached hydrogens (tertiary/aromatic N) is 4. The number of carboxylic acid groups (broad SMARTS) is 1. The van der Waals surface area contributed by atoms with Crippen molar-refractivity contribution in [3.8, 4) is 0 Å². The first-order valence-electron chi connectivity index (χ1n) is 8.45. The number of imidazole rings is 1. The van der Waals surface area contributed by atoms with Gasteiger partial charge < -0.3 is 14.6 Å². The van der Waals surface area contributed by atoms with E-state index in [0.29, 0.717) is 26.1 Å². The van der Waals surface area contributed by atoms with Crippen molar-refractivity contribution >= 4 is 21.9 Å². The van der Waals surface area contributed by atoms with Crippen LogP contribution >= 0.6 is 0 Å². The number of carboxylic acids is 1. The fraction of sp³-hybridized carbons (Fsp3) is 0.353. The Bertz CT molecular complexity index is 901. The number of aromatic nitrogens is 2. The number of hydrogen-bond acceptors (Lipinski definition) is 5. The van der Waals surface area contributed by atoms with E-state index in [1.807, 2.05) is 4.57 Å². The summed E-state index contributed by atoms with van der Waals surface area (Å²) < 4.78 is 28.5. The smallest absolute Gasteiger partial charge is 0.335 e. The monoisotopic (exact) mass is 392 g/mol. The maximum Gasteiger partial charge on any atom is 0.335 e. The fourth-order valence-electron chi connectivity index (χ4n) is 2.90. The van der Waals surface area contributed by atoms with Gasteiger partial charge in [-0.25, -0.2) is 18.2 Å². The lowest BCUT2D eigenvalue weighted by Gasteiger charge is -2.34. The predicted octanol–water partition coefficient (Wildman–Crippen LogP) is 0.505. The average molecular weight is 392 g/mol. The van der Waals surface area contributed by atoms with Crippen molar-refractivity contribution < 1.29 is 23.1 Å². The highest BCUT2D eigenvalue weighted by Gasteiger charge is 2.30. The zero-order chi connectivity index (χ0) is 19.4. The fourth-order valence-corrected chi connectivity index (χ4v) is 4.32. The molecule has 0 saturated carbocycles. The molecular weight excluding hydrogens is 372 g/mol. The van der Waals surface area contributed by atoms with E-state index in [0.717, 1.165) is 0 Å². The summed E-state index contributed by atoms with van der Waals surface area (Å²) in [7, 11) is -3.71. The lowest BCUT2D eigenvalue weighted by molar-refractivity contribution is -0.132. The number of carbonyl (C=O) groups is 2. The molecule has 2 heterocycles. The summed E-state index contributed by atoms with van der Waals surface area (Å²) in [4.78, 5) is 28.8. The van der Waals surface area contributed by atoms with E-state index in [1.165, 1.54) is 28.6 Å². The predicted molar refractivity (Wildman–Crippen MR) is 95.6 cm³/mol. The van der Waals surface area contributed by atoms with Crippen LogP contribution in [0.15, 0.2) is 47.9 Å². The van der Waals surface area contributed by atoms with Crippen molar-refractivity contribution in [2.45, 2.75) is 17.9 Å². The molecule has 0 spiro atoms.